The molecule has 1 aliphatic carbocycles. The summed E-state index contributed by atoms with van der Waals surface area (Å²) in [6.07, 6.45) is 6.56. The molecule has 0 radical (unpaired) electrons. The van der Waals surface area contributed by atoms with Gasteiger partial charge in [-0.15, -0.1) is 0 Å². The summed E-state index contributed by atoms with van der Waals surface area (Å²) >= 11 is 0. The van der Waals surface area contributed by atoms with Crippen LogP contribution in [0.5, 0.6) is 0 Å². The minimum Gasteiger partial charge on any atom is -0.462 e. The van der Waals surface area contributed by atoms with Crippen LogP contribution in [0.25, 0.3) is 0 Å². The van der Waals surface area contributed by atoms with Crippen molar-refractivity contribution in [1.82, 2.24) is 10.2 Å². The summed E-state index contributed by atoms with van der Waals surface area (Å²) in [6.45, 7) is 0.678. The SMILES string of the molecule is COC(=O)NC(=N)c1ccc(C2(c3ccc(CCC(=O)OC4CCCC4)cc3)CN(C)C=N2)cc1. The molecule has 1 aliphatic heterocycles. The number of carbonyl (C=O) groups is 2. The van der Waals surface area contributed by atoms with Crippen molar-refractivity contribution < 1.29 is 19.1 Å². The lowest BCUT2D eigenvalue weighted by Gasteiger charge is -2.29. The number of rotatable bonds is 7. The summed E-state index contributed by atoms with van der Waals surface area (Å²) in [4.78, 5) is 30.5. The van der Waals surface area contributed by atoms with Crippen LogP contribution in [-0.2, 0) is 26.2 Å². The summed E-state index contributed by atoms with van der Waals surface area (Å²) in [7, 11) is 3.25. The van der Waals surface area contributed by atoms with Crippen LogP contribution in [-0.4, -0.2) is 55.9 Å². The van der Waals surface area contributed by atoms with E-state index in [0.29, 0.717) is 24.9 Å². The maximum Gasteiger partial charge on any atom is 0.412 e. The molecule has 1 fully saturated rings. The largest absolute Gasteiger partial charge is 0.462 e. The van der Waals surface area contributed by atoms with Gasteiger partial charge in [-0.3, -0.25) is 20.5 Å². The Balaban J connectivity index is 1.46. The number of amidine groups is 1. The summed E-state index contributed by atoms with van der Waals surface area (Å²) < 4.78 is 10.1. The molecule has 1 atom stereocenters. The third kappa shape index (κ3) is 5.70. The number of aliphatic imine (C=N–C) groups is 1. The van der Waals surface area contributed by atoms with Gasteiger partial charge < -0.3 is 14.4 Å². The standard InChI is InChI=1S/C27H32N4O4/c1-31-17-27(29-18-31,22-14-10-20(11-15-22)25(28)30-26(33)34-2)21-12-7-19(8-13-21)9-16-24(32)35-23-5-3-4-6-23/h7-8,10-15,18,23H,3-6,9,16-17H2,1-2H3,(H2,28,30,33). The predicted octanol–water partition coefficient (Wildman–Crippen LogP) is 4.00. The van der Waals surface area contributed by atoms with E-state index < -0.39 is 11.6 Å². The second-order valence-corrected chi connectivity index (χ2v) is 9.18. The molecule has 0 bridgehead atoms. The van der Waals surface area contributed by atoms with Crippen LogP contribution in [0.15, 0.2) is 53.5 Å². The second kappa shape index (κ2) is 10.7. The van der Waals surface area contributed by atoms with Gasteiger partial charge in [0.15, 0.2) is 0 Å². The summed E-state index contributed by atoms with van der Waals surface area (Å²) in [6, 6.07) is 15.7. The number of alkyl carbamates (subject to hydrolysis) is 1. The van der Waals surface area contributed by atoms with Gasteiger partial charge in [0.1, 0.15) is 17.5 Å². The first-order valence-electron chi connectivity index (χ1n) is 12.0. The quantitative estimate of drug-likeness (QED) is 0.357. The average Bonchev–Trinajstić information content (AvgIpc) is 3.53. The fourth-order valence-corrected chi connectivity index (χ4v) is 4.72. The van der Waals surface area contributed by atoms with E-state index in [4.69, 9.17) is 15.1 Å². The van der Waals surface area contributed by atoms with Crippen LogP contribution in [0.1, 0.15) is 54.4 Å². The van der Waals surface area contributed by atoms with Crippen LogP contribution in [0.4, 0.5) is 4.79 Å². The maximum absolute atomic E-state index is 12.2. The van der Waals surface area contributed by atoms with E-state index in [2.05, 4.69) is 34.3 Å². The number of carbonyl (C=O) groups excluding carboxylic acids is 2. The lowest BCUT2D eigenvalue weighted by Crippen LogP contribution is -2.32. The predicted molar refractivity (Wildman–Crippen MR) is 134 cm³/mol. The van der Waals surface area contributed by atoms with E-state index in [1.165, 1.54) is 7.11 Å². The van der Waals surface area contributed by atoms with Crippen molar-refractivity contribution in [2.45, 2.75) is 50.2 Å². The Labute approximate surface area is 205 Å². The molecule has 2 aromatic carbocycles. The zero-order valence-corrected chi connectivity index (χ0v) is 20.3. The first kappa shape index (κ1) is 24.4. The van der Waals surface area contributed by atoms with Crippen molar-refractivity contribution >= 4 is 24.2 Å². The first-order valence-corrected chi connectivity index (χ1v) is 12.0. The molecule has 8 nitrogen and oxygen atoms in total. The Morgan fingerprint density at radius 1 is 1.09 bits per heavy atom. The van der Waals surface area contributed by atoms with Crippen LogP contribution in [0.3, 0.4) is 0 Å². The van der Waals surface area contributed by atoms with Gasteiger partial charge in [-0.2, -0.15) is 0 Å². The molecule has 184 valence electrons. The minimum absolute atomic E-state index is 0.0275. The molecule has 0 spiro atoms. The molecule has 1 amide bonds. The molecular weight excluding hydrogens is 444 g/mol. The van der Waals surface area contributed by atoms with E-state index in [-0.39, 0.29) is 17.9 Å². The average molecular weight is 477 g/mol. The number of aryl methyl sites for hydroxylation is 1. The number of benzene rings is 2. The molecule has 35 heavy (non-hydrogen) atoms. The first-order chi connectivity index (χ1) is 16.9. The van der Waals surface area contributed by atoms with Crippen molar-refractivity contribution in [2.75, 3.05) is 20.7 Å². The van der Waals surface area contributed by atoms with Gasteiger partial charge in [0, 0.05) is 19.0 Å². The van der Waals surface area contributed by atoms with Crippen molar-refractivity contribution in [2.24, 2.45) is 4.99 Å². The smallest absolute Gasteiger partial charge is 0.412 e. The number of hydrogen-bond acceptors (Lipinski definition) is 7. The van der Waals surface area contributed by atoms with Crippen LogP contribution < -0.4 is 5.32 Å². The van der Waals surface area contributed by atoms with Crippen LogP contribution in [0, 0.1) is 5.41 Å². The van der Waals surface area contributed by atoms with E-state index in [9.17, 15) is 9.59 Å². The van der Waals surface area contributed by atoms with Crippen LogP contribution in [0.2, 0.25) is 0 Å². The van der Waals surface area contributed by atoms with Gasteiger partial charge in [-0.25, -0.2) is 4.79 Å². The summed E-state index contributed by atoms with van der Waals surface area (Å²) in [5, 5.41) is 10.4. The number of ether oxygens (including phenoxy) is 2. The van der Waals surface area contributed by atoms with Crippen molar-refractivity contribution in [3.05, 3.63) is 70.8 Å². The Morgan fingerprint density at radius 2 is 1.71 bits per heavy atom. The van der Waals surface area contributed by atoms with E-state index in [1.54, 1.807) is 12.1 Å². The van der Waals surface area contributed by atoms with Crippen LogP contribution >= 0.6 is 0 Å². The molecule has 2 aromatic rings. The van der Waals surface area contributed by atoms with Gasteiger partial charge in [0.2, 0.25) is 0 Å². The number of likely N-dealkylation sites (N-methyl/N-ethyl adjacent to an activating group) is 1. The number of esters is 1. The van der Waals surface area contributed by atoms with Crippen molar-refractivity contribution in [3.63, 3.8) is 0 Å². The zero-order valence-electron chi connectivity index (χ0n) is 20.3. The third-order valence-electron chi connectivity index (χ3n) is 6.67. The Kier molecular flexibility index (Phi) is 7.48. The second-order valence-electron chi connectivity index (χ2n) is 9.18. The molecule has 0 saturated heterocycles. The fourth-order valence-electron chi connectivity index (χ4n) is 4.72. The summed E-state index contributed by atoms with van der Waals surface area (Å²) in [5.74, 6) is -0.146. The van der Waals surface area contributed by atoms with Gasteiger partial charge >= 0.3 is 12.1 Å². The van der Waals surface area contributed by atoms with Gasteiger partial charge in [0.05, 0.1) is 20.0 Å². The molecule has 1 saturated carbocycles. The molecule has 4 rings (SSSR count). The number of hydrogen-bond donors (Lipinski definition) is 2. The van der Waals surface area contributed by atoms with Gasteiger partial charge in [-0.1, -0.05) is 48.5 Å². The number of methoxy groups -OCH3 is 1. The van der Waals surface area contributed by atoms with Gasteiger partial charge in [0.25, 0.3) is 0 Å². The number of amides is 1. The minimum atomic E-state index is -0.676. The third-order valence-corrected chi connectivity index (χ3v) is 6.67. The van der Waals surface area contributed by atoms with Crippen molar-refractivity contribution in [3.8, 4) is 0 Å². The Bertz CT molecular complexity index is 1090. The van der Waals surface area contributed by atoms with Crippen molar-refractivity contribution in [1.29, 1.82) is 5.41 Å². The van der Waals surface area contributed by atoms with E-state index in [1.807, 2.05) is 30.4 Å². The highest BCUT2D eigenvalue weighted by Crippen LogP contribution is 2.37. The molecule has 0 aromatic heterocycles. The molecular formula is C27H32N4O4. The monoisotopic (exact) mass is 476 g/mol. The highest BCUT2D eigenvalue weighted by Gasteiger charge is 2.38. The highest BCUT2D eigenvalue weighted by atomic mass is 16.5. The highest BCUT2D eigenvalue weighted by molar-refractivity contribution is 6.04. The molecule has 2 N–H and O–H groups in total. The number of nitrogens with one attached hydrogen (secondary N) is 2. The topological polar surface area (TPSA) is 104 Å². The molecule has 2 aliphatic rings. The zero-order chi connectivity index (χ0) is 24.8. The normalized spacial score (nSPS) is 19.5. The molecule has 1 unspecified atom stereocenters. The molecule has 1 heterocycles. The van der Waals surface area contributed by atoms with E-state index >= 15 is 0 Å². The van der Waals surface area contributed by atoms with Gasteiger partial charge in [-0.05, 0) is 48.8 Å². The lowest BCUT2D eigenvalue weighted by molar-refractivity contribution is -0.148. The maximum atomic E-state index is 12.2. The summed E-state index contributed by atoms with van der Waals surface area (Å²) in [5.41, 5.74) is 3.11. The number of nitrogens with zero attached hydrogens (tertiary/aromatic N) is 2. The lowest BCUT2D eigenvalue weighted by atomic mass is 9.82. The van der Waals surface area contributed by atoms with E-state index in [0.717, 1.165) is 42.4 Å². The molecule has 8 heteroatoms. The fraction of sp³-hybridized carbons (Fsp3) is 0.407. The Hall–Kier alpha value is -3.68. The Morgan fingerprint density at radius 3 is 2.29 bits per heavy atom.